The Labute approximate surface area is 121 Å². The van der Waals surface area contributed by atoms with E-state index in [1.807, 2.05) is 0 Å². The van der Waals surface area contributed by atoms with Crippen LogP contribution in [-0.2, 0) is 0 Å². The molecule has 6 heteroatoms. The Bertz CT molecular complexity index is 461. The van der Waals surface area contributed by atoms with Crippen LogP contribution in [0.4, 0.5) is 4.79 Å². The van der Waals surface area contributed by atoms with Crippen LogP contribution in [-0.4, -0.2) is 33.8 Å². The number of nitrogens with zero attached hydrogens (tertiary/aromatic N) is 1. The molecule has 4 nitrogen and oxygen atoms in total. The van der Waals surface area contributed by atoms with Crippen LogP contribution in [0, 0.1) is 0 Å². The smallest absolute Gasteiger partial charge is 0.407 e. The largest absolute Gasteiger partial charge is 0.465 e. The number of amides is 1. The zero-order valence-electron chi connectivity index (χ0n) is 10.2. The van der Waals surface area contributed by atoms with Crippen LogP contribution in [0.1, 0.15) is 30.9 Å². The normalized spacial score (nSPS) is 21.2. The molecule has 2 atom stereocenters. The Morgan fingerprint density at radius 3 is 2.47 bits per heavy atom. The molecule has 19 heavy (non-hydrogen) atoms. The van der Waals surface area contributed by atoms with Crippen molar-refractivity contribution in [1.82, 2.24) is 4.90 Å². The lowest BCUT2D eigenvalue weighted by Crippen LogP contribution is -2.46. The first-order chi connectivity index (χ1) is 8.99. The number of halogens is 2. The van der Waals surface area contributed by atoms with Crippen molar-refractivity contribution in [1.29, 1.82) is 0 Å². The van der Waals surface area contributed by atoms with Gasteiger partial charge in [-0.25, -0.2) is 4.79 Å². The monoisotopic (exact) mass is 303 g/mol. The lowest BCUT2D eigenvalue weighted by atomic mass is 9.93. The fourth-order valence-corrected chi connectivity index (χ4v) is 3.03. The molecular weight excluding hydrogens is 289 g/mol. The Kier molecular flexibility index (Phi) is 4.55. The highest BCUT2D eigenvalue weighted by Gasteiger charge is 2.32. The average Bonchev–Trinajstić information content (AvgIpc) is 2.36. The van der Waals surface area contributed by atoms with E-state index in [1.165, 1.54) is 4.90 Å². The fourth-order valence-electron chi connectivity index (χ4n) is 2.49. The molecule has 1 amide bonds. The van der Waals surface area contributed by atoms with Crippen LogP contribution in [0.5, 0.6) is 0 Å². The van der Waals surface area contributed by atoms with Gasteiger partial charge in [-0.3, -0.25) is 0 Å². The summed E-state index contributed by atoms with van der Waals surface area (Å²) in [7, 11) is 0. The van der Waals surface area contributed by atoms with Crippen molar-refractivity contribution < 1.29 is 15.0 Å². The van der Waals surface area contributed by atoms with Crippen molar-refractivity contribution in [3.63, 3.8) is 0 Å². The molecule has 1 heterocycles. The van der Waals surface area contributed by atoms with Crippen LogP contribution in [0.15, 0.2) is 18.2 Å². The van der Waals surface area contributed by atoms with Gasteiger partial charge in [-0.1, -0.05) is 23.2 Å². The van der Waals surface area contributed by atoms with Crippen LogP contribution in [0.2, 0.25) is 10.0 Å². The van der Waals surface area contributed by atoms with E-state index in [9.17, 15) is 15.0 Å². The molecule has 1 fully saturated rings. The third-order valence-corrected chi connectivity index (χ3v) is 3.82. The number of rotatable bonds is 2. The van der Waals surface area contributed by atoms with Crippen molar-refractivity contribution in [2.45, 2.75) is 31.4 Å². The van der Waals surface area contributed by atoms with Crippen LogP contribution in [0.25, 0.3) is 0 Å². The molecule has 104 valence electrons. The summed E-state index contributed by atoms with van der Waals surface area (Å²) >= 11 is 11.8. The Balaban J connectivity index is 2.25. The van der Waals surface area contributed by atoms with Gasteiger partial charge in [-0.05, 0) is 43.0 Å². The molecule has 0 saturated carbocycles. The number of hydrogen-bond donors (Lipinski definition) is 2. The van der Waals surface area contributed by atoms with Gasteiger partial charge >= 0.3 is 6.09 Å². The number of carbonyl (C=O) groups is 1. The maximum atomic E-state index is 11.2. The lowest BCUT2D eigenvalue weighted by molar-refractivity contribution is 0.0286. The first kappa shape index (κ1) is 14.4. The third-order valence-electron chi connectivity index (χ3n) is 3.39. The molecule has 1 aliphatic rings. The van der Waals surface area contributed by atoms with Gasteiger partial charge in [-0.15, -0.1) is 0 Å². The number of carboxylic acid groups (broad SMARTS) is 1. The minimum atomic E-state index is -1.00. The van der Waals surface area contributed by atoms with E-state index in [2.05, 4.69) is 0 Å². The summed E-state index contributed by atoms with van der Waals surface area (Å²) in [5.41, 5.74) is 0.552. The second kappa shape index (κ2) is 5.99. The number of aliphatic hydroxyl groups is 1. The molecule has 0 bridgehead atoms. The van der Waals surface area contributed by atoms with E-state index >= 15 is 0 Å². The number of piperidine rings is 1. The van der Waals surface area contributed by atoms with Gasteiger partial charge in [-0.2, -0.15) is 0 Å². The number of likely N-dealkylation sites (tertiary alicyclic amines) is 1. The Morgan fingerprint density at radius 1 is 1.26 bits per heavy atom. The summed E-state index contributed by atoms with van der Waals surface area (Å²) in [6.07, 6.45) is 0.452. The SMILES string of the molecule is O=C(O)N1CCCCC1C(O)c1cc(Cl)cc(Cl)c1. The topological polar surface area (TPSA) is 60.8 Å². The van der Waals surface area contributed by atoms with Gasteiger partial charge in [0.25, 0.3) is 0 Å². The molecule has 0 spiro atoms. The standard InChI is InChI=1S/C13H15Cl2NO3/c14-9-5-8(6-10(15)7-9)12(17)11-3-1-2-4-16(11)13(18)19/h5-7,11-12,17H,1-4H2,(H,18,19). The van der Waals surface area contributed by atoms with Crippen molar-refractivity contribution in [2.24, 2.45) is 0 Å². The van der Waals surface area contributed by atoms with Crippen molar-refractivity contribution in [3.8, 4) is 0 Å². The van der Waals surface area contributed by atoms with Gasteiger partial charge in [0.05, 0.1) is 12.1 Å². The summed E-state index contributed by atoms with van der Waals surface area (Å²) in [5.74, 6) is 0. The molecular formula is C13H15Cl2NO3. The highest BCUT2D eigenvalue weighted by atomic mass is 35.5. The maximum absolute atomic E-state index is 11.2. The zero-order valence-corrected chi connectivity index (χ0v) is 11.7. The van der Waals surface area contributed by atoms with E-state index < -0.39 is 18.2 Å². The second-order valence-corrected chi connectivity index (χ2v) is 5.56. The van der Waals surface area contributed by atoms with Crippen LogP contribution in [0.3, 0.4) is 0 Å². The van der Waals surface area contributed by atoms with Crippen molar-refractivity contribution in [3.05, 3.63) is 33.8 Å². The summed E-state index contributed by atoms with van der Waals surface area (Å²) in [6, 6.07) is 4.37. The molecule has 2 unspecified atom stereocenters. The highest BCUT2D eigenvalue weighted by Crippen LogP contribution is 2.31. The number of hydrogen-bond acceptors (Lipinski definition) is 2. The van der Waals surface area contributed by atoms with Gasteiger partial charge in [0.1, 0.15) is 0 Å². The number of aliphatic hydroxyl groups excluding tert-OH is 1. The lowest BCUT2D eigenvalue weighted by Gasteiger charge is -2.36. The summed E-state index contributed by atoms with van der Waals surface area (Å²) in [4.78, 5) is 12.5. The Hall–Kier alpha value is -0.970. The summed E-state index contributed by atoms with van der Waals surface area (Å²) < 4.78 is 0. The molecule has 2 N–H and O–H groups in total. The first-order valence-corrected chi connectivity index (χ1v) is 6.88. The molecule has 1 aromatic carbocycles. The van der Waals surface area contributed by atoms with Gasteiger partial charge < -0.3 is 15.1 Å². The summed E-state index contributed by atoms with van der Waals surface area (Å²) in [5, 5.41) is 20.4. The third kappa shape index (κ3) is 3.32. The van der Waals surface area contributed by atoms with E-state index in [-0.39, 0.29) is 0 Å². The molecule has 2 rings (SSSR count). The van der Waals surface area contributed by atoms with Gasteiger partial charge in [0, 0.05) is 16.6 Å². The fraction of sp³-hybridized carbons (Fsp3) is 0.462. The molecule has 0 radical (unpaired) electrons. The number of benzene rings is 1. The predicted molar refractivity (Wildman–Crippen MR) is 73.8 cm³/mol. The van der Waals surface area contributed by atoms with Crippen LogP contribution >= 0.6 is 23.2 Å². The molecule has 1 saturated heterocycles. The van der Waals surface area contributed by atoms with Gasteiger partial charge in [0.15, 0.2) is 0 Å². The minimum Gasteiger partial charge on any atom is -0.465 e. The molecule has 0 aliphatic carbocycles. The predicted octanol–water partition coefficient (Wildman–Crippen LogP) is 3.56. The Morgan fingerprint density at radius 2 is 1.89 bits per heavy atom. The quantitative estimate of drug-likeness (QED) is 0.878. The van der Waals surface area contributed by atoms with Gasteiger partial charge in [0.2, 0.25) is 0 Å². The molecule has 1 aliphatic heterocycles. The van der Waals surface area contributed by atoms with Crippen molar-refractivity contribution in [2.75, 3.05) is 6.54 Å². The van der Waals surface area contributed by atoms with E-state index in [1.54, 1.807) is 18.2 Å². The molecule has 0 aromatic heterocycles. The minimum absolute atomic E-state index is 0.430. The highest BCUT2D eigenvalue weighted by molar-refractivity contribution is 6.34. The van der Waals surface area contributed by atoms with Crippen molar-refractivity contribution >= 4 is 29.3 Å². The summed E-state index contributed by atoms with van der Waals surface area (Å²) in [6.45, 7) is 0.450. The van der Waals surface area contributed by atoms with E-state index in [4.69, 9.17) is 23.2 Å². The maximum Gasteiger partial charge on any atom is 0.407 e. The average molecular weight is 304 g/mol. The van der Waals surface area contributed by atoms with Crippen LogP contribution < -0.4 is 0 Å². The first-order valence-electron chi connectivity index (χ1n) is 6.12. The zero-order chi connectivity index (χ0) is 14.0. The van der Waals surface area contributed by atoms with E-state index in [0.717, 1.165) is 12.8 Å². The second-order valence-electron chi connectivity index (χ2n) is 4.69. The molecule has 1 aromatic rings. The van der Waals surface area contributed by atoms with E-state index in [0.29, 0.717) is 28.6 Å².